The maximum absolute atomic E-state index is 13.3. The van der Waals surface area contributed by atoms with Gasteiger partial charge in [-0.15, -0.1) is 0 Å². The molecular formula is C22H21FN4OS. The summed E-state index contributed by atoms with van der Waals surface area (Å²) in [6.45, 7) is 3.37. The number of nitrogens with zero attached hydrogens (tertiary/aromatic N) is 4. The van der Waals surface area contributed by atoms with Gasteiger partial charge in [0, 0.05) is 31.0 Å². The molecule has 0 saturated carbocycles. The number of rotatable bonds is 7. The Balaban J connectivity index is 1.63. The third kappa shape index (κ3) is 4.35. The number of hydrogen-bond acceptors (Lipinski definition) is 4. The molecule has 2 heterocycles. The molecule has 1 amide bonds. The van der Waals surface area contributed by atoms with E-state index in [0.29, 0.717) is 17.2 Å². The van der Waals surface area contributed by atoms with E-state index in [2.05, 4.69) is 24.0 Å². The SMILES string of the molecule is CCc1ccc2nc(N(CCCn3ccnc3)C(=O)c3ccc(F)cc3)sc2c1. The highest BCUT2D eigenvalue weighted by molar-refractivity contribution is 7.22. The number of thiazole rings is 1. The number of hydrogen-bond donors (Lipinski definition) is 0. The molecule has 0 spiro atoms. The Hall–Kier alpha value is -3.06. The van der Waals surface area contributed by atoms with Gasteiger partial charge in [-0.25, -0.2) is 14.4 Å². The number of fused-ring (bicyclic) bond motifs is 1. The van der Waals surface area contributed by atoms with Gasteiger partial charge in [-0.1, -0.05) is 24.3 Å². The summed E-state index contributed by atoms with van der Waals surface area (Å²) in [5, 5.41) is 0.660. The predicted octanol–water partition coefficient (Wildman–Crippen LogP) is 4.93. The molecule has 4 aromatic rings. The van der Waals surface area contributed by atoms with Crippen molar-refractivity contribution in [3.8, 4) is 0 Å². The van der Waals surface area contributed by atoms with Gasteiger partial charge in [0.2, 0.25) is 0 Å². The molecule has 5 nitrogen and oxygen atoms in total. The fourth-order valence-corrected chi connectivity index (χ4v) is 4.21. The number of halogens is 1. The molecule has 0 bridgehead atoms. The van der Waals surface area contributed by atoms with Gasteiger partial charge < -0.3 is 4.57 Å². The Morgan fingerprint density at radius 1 is 1.21 bits per heavy atom. The van der Waals surface area contributed by atoms with Crippen molar-refractivity contribution in [1.82, 2.24) is 14.5 Å². The molecule has 2 aromatic carbocycles. The van der Waals surface area contributed by atoms with E-state index in [1.807, 2.05) is 16.8 Å². The van der Waals surface area contributed by atoms with E-state index in [1.54, 1.807) is 17.4 Å². The van der Waals surface area contributed by atoms with E-state index in [1.165, 1.54) is 41.2 Å². The van der Waals surface area contributed by atoms with Gasteiger partial charge in [-0.3, -0.25) is 9.69 Å². The van der Waals surface area contributed by atoms with Gasteiger partial charge >= 0.3 is 0 Å². The normalized spacial score (nSPS) is 11.1. The second-order valence-corrected chi connectivity index (χ2v) is 7.78. The van der Waals surface area contributed by atoms with Crippen LogP contribution < -0.4 is 4.90 Å². The van der Waals surface area contributed by atoms with Gasteiger partial charge in [0.05, 0.1) is 16.5 Å². The lowest BCUT2D eigenvalue weighted by Crippen LogP contribution is -2.32. The molecule has 0 saturated heterocycles. The van der Waals surface area contributed by atoms with Crippen molar-refractivity contribution < 1.29 is 9.18 Å². The van der Waals surface area contributed by atoms with Gasteiger partial charge in [0.15, 0.2) is 5.13 Å². The second-order valence-electron chi connectivity index (χ2n) is 6.77. The summed E-state index contributed by atoms with van der Waals surface area (Å²) in [5.74, 6) is -0.536. The second kappa shape index (κ2) is 8.53. The highest BCUT2D eigenvalue weighted by atomic mass is 32.1. The van der Waals surface area contributed by atoms with Gasteiger partial charge in [-0.05, 0) is 54.8 Å². The number of amides is 1. The van der Waals surface area contributed by atoms with E-state index >= 15 is 0 Å². The van der Waals surface area contributed by atoms with Gasteiger partial charge in [0.25, 0.3) is 5.91 Å². The molecule has 0 aliphatic carbocycles. The van der Waals surface area contributed by atoms with E-state index in [9.17, 15) is 9.18 Å². The van der Waals surface area contributed by atoms with Crippen LogP contribution in [0.5, 0.6) is 0 Å². The molecule has 0 atom stereocenters. The van der Waals surface area contributed by atoms with E-state index in [-0.39, 0.29) is 11.7 Å². The van der Waals surface area contributed by atoms with Crippen LogP contribution in [0.1, 0.15) is 29.3 Å². The molecule has 0 fully saturated rings. The molecule has 0 aliphatic rings. The van der Waals surface area contributed by atoms with Crippen molar-refractivity contribution in [2.75, 3.05) is 11.4 Å². The topological polar surface area (TPSA) is 51.0 Å². The fraction of sp³-hybridized carbons (Fsp3) is 0.227. The number of aryl methyl sites for hydroxylation is 2. The molecular weight excluding hydrogens is 387 g/mol. The number of carbonyl (C=O) groups is 1. The third-order valence-corrected chi connectivity index (χ3v) is 5.82. The molecule has 4 rings (SSSR count). The highest BCUT2D eigenvalue weighted by Gasteiger charge is 2.21. The maximum atomic E-state index is 13.3. The minimum atomic E-state index is -0.361. The number of benzene rings is 2. The number of aromatic nitrogens is 3. The summed E-state index contributed by atoms with van der Waals surface area (Å²) in [5.41, 5.74) is 2.57. The number of carbonyl (C=O) groups excluding carboxylic acids is 1. The monoisotopic (exact) mass is 408 g/mol. The summed E-state index contributed by atoms with van der Waals surface area (Å²) < 4.78 is 16.3. The van der Waals surface area contributed by atoms with Crippen LogP contribution in [0.4, 0.5) is 9.52 Å². The largest absolute Gasteiger partial charge is 0.337 e. The fourth-order valence-electron chi connectivity index (χ4n) is 3.15. The van der Waals surface area contributed by atoms with E-state index in [4.69, 9.17) is 4.98 Å². The Kier molecular flexibility index (Phi) is 5.67. The summed E-state index contributed by atoms with van der Waals surface area (Å²) in [4.78, 5) is 23.6. The summed E-state index contributed by atoms with van der Waals surface area (Å²) >= 11 is 1.51. The Morgan fingerprint density at radius 2 is 2.03 bits per heavy atom. The zero-order valence-electron chi connectivity index (χ0n) is 16.1. The van der Waals surface area contributed by atoms with Gasteiger partial charge in [0.1, 0.15) is 5.82 Å². The quantitative estimate of drug-likeness (QED) is 0.436. The van der Waals surface area contributed by atoms with Crippen LogP contribution in [0.2, 0.25) is 0 Å². The van der Waals surface area contributed by atoms with Crippen LogP contribution in [0.15, 0.2) is 61.2 Å². The Labute approximate surface area is 172 Å². The predicted molar refractivity (Wildman–Crippen MR) is 114 cm³/mol. The van der Waals surface area contributed by atoms with Crippen molar-refractivity contribution in [2.45, 2.75) is 26.3 Å². The summed E-state index contributed by atoms with van der Waals surface area (Å²) in [7, 11) is 0. The minimum absolute atomic E-state index is 0.176. The summed E-state index contributed by atoms with van der Waals surface area (Å²) in [6, 6.07) is 11.8. The zero-order chi connectivity index (χ0) is 20.2. The standard InChI is InChI=1S/C22H21FN4OS/c1-2-16-4-9-19-20(14-16)29-22(25-19)27(12-3-11-26-13-10-24-15-26)21(28)17-5-7-18(23)8-6-17/h4-10,13-15H,2-3,11-12H2,1H3. The van der Waals surface area contributed by atoms with E-state index < -0.39 is 0 Å². The molecule has 2 aromatic heterocycles. The Bertz CT molecular complexity index is 1110. The van der Waals surface area contributed by atoms with Crippen molar-refractivity contribution in [1.29, 1.82) is 0 Å². The average Bonchev–Trinajstić information content (AvgIpc) is 3.40. The molecule has 29 heavy (non-hydrogen) atoms. The van der Waals surface area contributed by atoms with Crippen LogP contribution >= 0.6 is 11.3 Å². The molecule has 0 aliphatic heterocycles. The maximum Gasteiger partial charge on any atom is 0.260 e. The lowest BCUT2D eigenvalue weighted by Gasteiger charge is -2.20. The van der Waals surface area contributed by atoms with Crippen LogP contribution in [-0.2, 0) is 13.0 Å². The van der Waals surface area contributed by atoms with Crippen LogP contribution in [0.25, 0.3) is 10.2 Å². The number of imidazole rings is 1. The number of anilines is 1. The molecule has 148 valence electrons. The first-order valence-electron chi connectivity index (χ1n) is 9.56. The first kappa shape index (κ1) is 19.3. The van der Waals surface area contributed by atoms with Crippen LogP contribution in [0.3, 0.4) is 0 Å². The lowest BCUT2D eigenvalue weighted by atomic mass is 10.2. The summed E-state index contributed by atoms with van der Waals surface area (Å²) in [6.07, 6.45) is 7.10. The van der Waals surface area contributed by atoms with Gasteiger partial charge in [-0.2, -0.15) is 0 Å². The zero-order valence-corrected chi connectivity index (χ0v) is 16.9. The average molecular weight is 409 g/mol. The molecule has 0 N–H and O–H groups in total. The Morgan fingerprint density at radius 3 is 2.76 bits per heavy atom. The van der Waals surface area contributed by atoms with Crippen molar-refractivity contribution in [3.63, 3.8) is 0 Å². The van der Waals surface area contributed by atoms with E-state index in [0.717, 1.165) is 29.6 Å². The van der Waals surface area contributed by atoms with Crippen LogP contribution in [-0.4, -0.2) is 27.0 Å². The lowest BCUT2D eigenvalue weighted by molar-refractivity contribution is 0.0986. The third-order valence-electron chi connectivity index (χ3n) is 4.77. The van der Waals surface area contributed by atoms with Crippen molar-refractivity contribution >= 4 is 32.6 Å². The molecule has 0 radical (unpaired) electrons. The molecule has 0 unspecified atom stereocenters. The first-order chi connectivity index (χ1) is 14.1. The smallest absolute Gasteiger partial charge is 0.260 e. The van der Waals surface area contributed by atoms with Crippen molar-refractivity contribution in [2.24, 2.45) is 0 Å². The van der Waals surface area contributed by atoms with Crippen LogP contribution in [0, 0.1) is 5.82 Å². The first-order valence-corrected chi connectivity index (χ1v) is 10.4. The van der Waals surface area contributed by atoms with Crippen molar-refractivity contribution in [3.05, 3.63) is 78.1 Å². The molecule has 7 heteroatoms. The minimum Gasteiger partial charge on any atom is -0.337 e. The highest BCUT2D eigenvalue weighted by Crippen LogP contribution is 2.31.